The summed E-state index contributed by atoms with van der Waals surface area (Å²) >= 11 is 5.66. The van der Waals surface area contributed by atoms with Crippen LogP contribution in [0.4, 0.5) is 6.01 Å². The van der Waals surface area contributed by atoms with Crippen molar-refractivity contribution in [2.75, 3.05) is 17.8 Å². The van der Waals surface area contributed by atoms with Crippen LogP contribution >= 0.6 is 11.6 Å². The van der Waals surface area contributed by atoms with Gasteiger partial charge in [0.05, 0.1) is 0 Å². The lowest BCUT2D eigenvalue weighted by Crippen LogP contribution is -2.39. The van der Waals surface area contributed by atoms with Crippen LogP contribution in [-0.2, 0) is 6.42 Å². The molecule has 0 aliphatic heterocycles. The lowest BCUT2D eigenvalue weighted by Gasteiger charge is -2.35. The van der Waals surface area contributed by atoms with E-state index in [0.717, 1.165) is 0 Å². The molecule has 96 valence electrons. The zero-order valence-corrected chi connectivity index (χ0v) is 11.3. The molecule has 4 nitrogen and oxygen atoms in total. The van der Waals surface area contributed by atoms with E-state index in [-0.39, 0.29) is 0 Å². The zero-order valence-electron chi connectivity index (χ0n) is 10.5. The quantitative estimate of drug-likeness (QED) is 0.778. The van der Waals surface area contributed by atoms with E-state index in [9.17, 15) is 0 Å². The van der Waals surface area contributed by atoms with Gasteiger partial charge in [0.25, 0.3) is 0 Å². The minimum Gasteiger partial charge on any atom is -0.408 e. The zero-order chi connectivity index (χ0) is 12.3. The maximum Gasteiger partial charge on any atom is 0.318 e. The molecule has 2 atom stereocenters. The van der Waals surface area contributed by atoms with E-state index >= 15 is 0 Å². The molecule has 1 fully saturated rings. The molecule has 5 heteroatoms. The standard InChI is InChI=1S/C12H20ClN3O/c1-9-5-3-4-6-10(9)16(2)12-15-14-11(17-12)7-8-13/h9-10H,3-8H2,1-2H3. The highest BCUT2D eigenvalue weighted by molar-refractivity contribution is 6.17. The van der Waals surface area contributed by atoms with Crippen LogP contribution in [0.25, 0.3) is 0 Å². The Balaban J connectivity index is 2.04. The minimum absolute atomic E-state index is 0.519. The fourth-order valence-electron chi connectivity index (χ4n) is 2.58. The number of halogens is 1. The molecular weight excluding hydrogens is 238 g/mol. The highest BCUT2D eigenvalue weighted by Crippen LogP contribution is 2.29. The van der Waals surface area contributed by atoms with Gasteiger partial charge in [-0.3, -0.25) is 0 Å². The minimum atomic E-state index is 0.519. The van der Waals surface area contributed by atoms with Crippen LogP contribution in [-0.4, -0.2) is 29.2 Å². The Morgan fingerprint density at radius 2 is 2.12 bits per heavy atom. The Kier molecular flexibility index (Phi) is 4.26. The summed E-state index contributed by atoms with van der Waals surface area (Å²) in [6, 6.07) is 1.15. The van der Waals surface area contributed by atoms with Crippen LogP contribution < -0.4 is 4.90 Å². The summed E-state index contributed by atoms with van der Waals surface area (Å²) in [6.45, 7) is 2.30. The number of aryl methyl sites for hydroxylation is 1. The second-order valence-corrected chi connectivity index (χ2v) is 5.24. The summed E-state index contributed by atoms with van der Waals surface area (Å²) in [5.41, 5.74) is 0. The largest absolute Gasteiger partial charge is 0.408 e. The molecule has 2 unspecified atom stereocenters. The first-order chi connectivity index (χ1) is 8.22. The van der Waals surface area contributed by atoms with Crippen LogP contribution in [0, 0.1) is 5.92 Å². The van der Waals surface area contributed by atoms with Crippen LogP contribution in [0.1, 0.15) is 38.5 Å². The molecule has 0 aromatic carbocycles. The molecule has 1 aliphatic rings. The monoisotopic (exact) mass is 257 g/mol. The smallest absolute Gasteiger partial charge is 0.318 e. The van der Waals surface area contributed by atoms with Gasteiger partial charge in [0.2, 0.25) is 5.89 Å². The number of hydrogen-bond donors (Lipinski definition) is 0. The molecule has 1 aromatic heterocycles. The average Bonchev–Trinajstić information content (AvgIpc) is 2.78. The van der Waals surface area contributed by atoms with Gasteiger partial charge in [0.15, 0.2) is 0 Å². The molecule has 0 radical (unpaired) electrons. The van der Waals surface area contributed by atoms with Gasteiger partial charge in [-0.1, -0.05) is 24.9 Å². The van der Waals surface area contributed by atoms with Gasteiger partial charge in [-0.15, -0.1) is 16.7 Å². The van der Waals surface area contributed by atoms with E-state index in [0.29, 0.717) is 36.2 Å². The van der Waals surface area contributed by atoms with Crippen molar-refractivity contribution in [3.05, 3.63) is 5.89 Å². The summed E-state index contributed by atoms with van der Waals surface area (Å²) in [5, 5.41) is 8.10. The van der Waals surface area contributed by atoms with E-state index in [1.54, 1.807) is 0 Å². The van der Waals surface area contributed by atoms with Crippen LogP contribution in [0.5, 0.6) is 0 Å². The summed E-state index contributed by atoms with van der Waals surface area (Å²) in [5.74, 6) is 1.84. The summed E-state index contributed by atoms with van der Waals surface area (Å²) in [6.07, 6.45) is 5.78. The molecular formula is C12H20ClN3O. The van der Waals surface area contributed by atoms with Gasteiger partial charge in [-0.2, -0.15) is 0 Å². The highest BCUT2D eigenvalue weighted by atomic mass is 35.5. The molecule has 0 bridgehead atoms. The Morgan fingerprint density at radius 1 is 1.35 bits per heavy atom. The van der Waals surface area contributed by atoms with Crippen LogP contribution in [0.2, 0.25) is 0 Å². The van der Waals surface area contributed by atoms with Gasteiger partial charge in [-0.05, 0) is 18.8 Å². The fourth-order valence-corrected chi connectivity index (χ4v) is 2.74. The number of alkyl halides is 1. The third-order valence-electron chi connectivity index (χ3n) is 3.63. The predicted octanol–water partition coefficient (Wildman–Crippen LogP) is 2.87. The summed E-state index contributed by atoms with van der Waals surface area (Å²) < 4.78 is 5.61. The molecule has 0 saturated heterocycles. The molecule has 0 spiro atoms. The van der Waals surface area contributed by atoms with Crippen molar-refractivity contribution >= 4 is 17.6 Å². The Morgan fingerprint density at radius 3 is 2.82 bits per heavy atom. The van der Waals surface area contributed by atoms with Crippen LogP contribution in [0.3, 0.4) is 0 Å². The SMILES string of the molecule is CC1CCCCC1N(C)c1nnc(CCCl)o1. The van der Waals surface area contributed by atoms with Gasteiger partial charge in [0, 0.05) is 25.4 Å². The summed E-state index contributed by atoms with van der Waals surface area (Å²) in [7, 11) is 2.05. The maximum absolute atomic E-state index is 5.66. The van der Waals surface area contributed by atoms with E-state index in [2.05, 4.69) is 22.0 Å². The predicted molar refractivity (Wildman–Crippen MR) is 68.5 cm³/mol. The van der Waals surface area contributed by atoms with Crippen molar-refractivity contribution in [2.24, 2.45) is 5.92 Å². The highest BCUT2D eigenvalue weighted by Gasteiger charge is 2.27. The Bertz CT molecular complexity index is 355. The maximum atomic E-state index is 5.66. The normalized spacial score (nSPS) is 24.9. The first-order valence-electron chi connectivity index (χ1n) is 6.33. The molecule has 0 N–H and O–H groups in total. The summed E-state index contributed by atoms with van der Waals surface area (Å²) in [4.78, 5) is 2.13. The second-order valence-electron chi connectivity index (χ2n) is 4.86. The first-order valence-corrected chi connectivity index (χ1v) is 6.87. The second kappa shape index (κ2) is 5.71. The van der Waals surface area contributed by atoms with Gasteiger partial charge >= 0.3 is 6.01 Å². The average molecular weight is 258 g/mol. The number of rotatable bonds is 4. The topological polar surface area (TPSA) is 42.2 Å². The first kappa shape index (κ1) is 12.7. The lowest BCUT2D eigenvalue weighted by atomic mass is 9.85. The van der Waals surface area contributed by atoms with Crippen molar-refractivity contribution in [3.63, 3.8) is 0 Å². The Hall–Kier alpha value is -0.770. The van der Waals surface area contributed by atoms with E-state index in [1.807, 2.05) is 7.05 Å². The Labute approximate surface area is 107 Å². The van der Waals surface area contributed by atoms with E-state index in [4.69, 9.17) is 16.0 Å². The molecule has 0 amide bonds. The molecule has 1 aliphatic carbocycles. The molecule has 1 aromatic rings. The van der Waals surface area contributed by atoms with Gasteiger partial charge in [0.1, 0.15) is 0 Å². The molecule has 1 saturated carbocycles. The van der Waals surface area contributed by atoms with Crippen molar-refractivity contribution in [2.45, 2.75) is 45.1 Å². The van der Waals surface area contributed by atoms with Crippen molar-refractivity contribution < 1.29 is 4.42 Å². The van der Waals surface area contributed by atoms with Crippen molar-refractivity contribution in [1.29, 1.82) is 0 Å². The van der Waals surface area contributed by atoms with Gasteiger partial charge < -0.3 is 9.32 Å². The van der Waals surface area contributed by atoms with Gasteiger partial charge in [-0.25, -0.2) is 0 Å². The number of hydrogen-bond acceptors (Lipinski definition) is 4. The lowest BCUT2D eigenvalue weighted by molar-refractivity contribution is 0.310. The van der Waals surface area contributed by atoms with E-state index < -0.39 is 0 Å². The van der Waals surface area contributed by atoms with Crippen LogP contribution in [0.15, 0.2) is 4.42 Å². The number of nitrogens with zero attached hydrogens (tertiary/aromatic N) is 3. The van der Waals surface area contributed by atoms with E-state index in [1.165, 1.54) is 25.7 Å². The molecule has 17 heavy (non-hydrogen) atoms. The third-order valence-corrected chi connectivity index (χ3v) is 3.82. The molecule has 1 heterocycles. The third kappa shape index (κ3) is 2.92. The fraction of sp³-hybridized carbons (Fsp3) is 0.833. The molecule has 2 rings (SSSR count). The van der Waals surface area contributed by atoms with Crippen molar-refractivity contribution in [1.82, 2.24) is 10.2 Å². The van der Waals surface area contributed by atoms with Crippen molar-refractivity contribution in [3.8, 4) is 0 Å². The number of anilines is 1. The number of aromatic nitrogens is 2.